The normalized spacial score (nSPS) is 18.8. The van der Waals surface area contributed by atoms with Crippen molar-refractivity contribution in [2.45, 2.75) is 57.8 Å². The first kappa shape index (κ1) is 20.5. The second-order valence-electron chi connectivity index (χ2n) is 7.75. The molecule has 0 bridgehead atoms. The van der Waals surface area contributed by atoms with Gasteiger partial charge in [0.15, 0.2) is 5.82 Å². The number of alkyl carbamates (subject to hydrolysis) is 1. The third kappa shape index (κ3) is 4.88. The van der Waals surface area contributed by atoms with Gasteiger partial charge in [-0.25, -0.2) is 14.8 Å². The quantitative estimate of drug-likeness (QED) is 0.517. The Kier molecular flexibility index (Phi) is 6.14. The Morgan fingerprint density at radius 2 is 2.20 bits per heavy atom. The van der Waals surface area contributed by atoms with Gasteiger partial charge in [-0.15, -0.1) is 11.3 Å². The van der Waals surface area contributed by atoms with Gasteiger partial charge in [-0.1, -0.05) is 0 Å². The van der Waals surface area contributed by atoms with Crippen LogP contribution in [0.2, 0.25) is 0 Å². The fourth-order valence-electron chi connectivity index (χ4n) is 3.63. The van der Waals surface area contributed by atoms with E-state index >= 15 is 0 Å². The third-order valence-electron chi connectivity index (χ3n) is 4.95. The van der Waals surface area contributed by atoms with E-state index in [1.54, 1.807) is 18.4 Å². The Balaban J connectivity index is 1.36. The molecule has 1 saturated carbocycles. The number of fused-ring (bicyclic) bond motifs is 1. The third-order valence-corrected chi connectivity index (χ3v) is 5.93. The number of carbonyl (C=O) groups excluding carboxylic acids is 1. The Labute approximate surface area is 178 Å². The summed E-state index contributed by atoms with van der Waals surface area (Å²) in [6.07, 6.45) is 3.99. The lowest BCUT2D eigenvalue weighted by atomic mass is 10.0. The van der Waals surface area contributed by atoms with Gasteiger partial charge >= 0.3 is 6.09 Å². The van der Waals surface area contributed by atoms with Crippen LogP contribution in [0.1, 0.15) is 49.7 Å². The number of rotatable bonds is 7. The van der Waals surface area contributed by atoms with Crippen LogP contribution >= 0.6 is 11.3 Å². The molecule has 0 aliphatic heterocycles. The van der Waals surface area contributed by atoms with Gasteiger partial charge in [0.05, 0.1) is 16.8 Å². The molecule has 9 nitrogen and oxygen atoms in total. The summed E-state index contributed by atoms with van der Waals surface area (Å²) >= 11 is 1.58. The Hall–Kier alpha value is -2.72. The highest BCUT2D eigenvalue weighted by Gasteiger charge is 2.30. The molecule has 0 radical (unpaired) electrons. The number of carbonyl (C=O) groups is 1. The molecule has 4 rings (SSSR count). The van der Waals surface area contributed by atoms with E-state index in [-0.39, 0.29) is 24.2 Å². The maximum absolute atomic E-state index is 11.8. The highest BCUT2D eigenvalue weighted by Crippen LogP contribution is 2.36. The van der Waals surface area contributed by atoms with E-state index in [2.05, 4.69) is 30.8 Å². The van der Waals surface area contributed by atoms with Crippen molar-refractivity contribution >= 4 is 39.3 Å². The molecule has 3 N–H and O–H groups in total. The fraction of sp³-hybridized carbons (Fsp3) is 0.500. The molecule has 0 unspecified atom stereocenters. The van der Waals surface area contributed by atoms with Crippen LogP contribution in [0.15, 0.2) is 18.3 Å². The lowest BCUT2D eigenvalue weighted by Crippen LogP contribution is -2.33. The summed E-state index contributed by atoms with van der Waals surface area (Å²) in [6.45, 7) is 4.32. The molecule has 0 saturated heterocycles. The average molecular weight is 431 g/mol. The lowest BCUT2D eigenvalue weighted by Gasteiger charge is -2.14. The minimum atomic E-state index is -0.347. The molecule has 1 amide bonds. The maximum Gasteiger partial charge on any atom is 0.407 e. The number of aromatic nitrogens is 4. The molecule has 3 heterocycles. The number of thiazole rings is 1. The van der Waals surface area contributed by atoms with Crippen molar-refractivity contribution in [3.05, 3.63) is 29.0 Å². The van der Waals surface area contributed by atoms with Crippen LogP contribution in [0.4, 0.5) is 16.4 Å². The second-order valence-corrected chi connectivity index (χ2v) is 8.86. The van der Waals surface area contributed by atoms with Gasteiger partial charge in [-0.3, -0.25) is 5.10 Å². The molecule has 160 valence electrons. The number of H-pyrrole nitrogens is 1. The Morgan fingerprint density at radius 1 is 1.33 bits per heavy atom. The maximum atomic E-state index is 11.8. The van der Waals surface area contributed by atoms with Crippen molar-refractivity contribution in [2.24, 2.45) is 0 Å². The number of amides is 1. The van der Waals surface area contributed by atoms with Crippen LogP contribution in [0.3, 0.4) is 0 Å². The SMILES string of the molecule is COCc1nc2cc(Nc3cc([C@H]4CC[C@@H](OC(=O)NC(C)C)C4)[nH]n3)ncc2s1. The van der Waals surface area contributed by atoms with E-state index in [0.717, 1.165) is 40.2 Å². The highest BCUT2D eigenvalue weighted by atomic mass is 32.1. The van der Waals surface area contributed by atoms with Gasteiger partial charge in [-0.2, -0.15) is 5.10 Å². The van der Waals surface area contributed by atoms with E-state index in [1.165, 1.54) is 0 Å². The van der Waals surface area contributed by atoms with Gasteiger partial charge in [0, 0.05) is 43.1 Å². The van der Waals surface area contributed by atoms with E-state index in [0.29, 0.717) is 18.2 Å². The predicted octanol–water partition coefficient (Wildman–Crippen LogP) is 4.08. The molecule has 0 spiro atoms. The van der Waals surface area contributed by atoms with E-state index < -0.39 is 0 Å². The summed E-state index contributed by atoms with van der Waals surface area (Å²) in [6, 6.07) is 3.97. The van der Waals surface area contributed by atoms with Gasteiger partial charge in [0.1, 0.15) is 16.9 Å². The van der Waals surface area contributed by atoms with E-state index in [9.17, 15) is 4.79 Å². The fourth-order valence-corrected chi connectivity index (χ4v) is 4.52. The number of hydrogen-bond acceptors (Lipinski definition) is 8. The molecule has 1 aliphatic rings. The van der Waals surface area contributed by atoms with Crippen molar-refractivity contribution in [3.8, 4) is 0 Å². The standard InChI is InChI=1S/C20H26N6O3S/c1-11(2)22-20(27)29-13-5-4-12(6-13)14-7-18(26-25-14)24-17-8-15-16(9-21-17)30-19(23-15)10-28-3/h7-9,11-13H,4-6,10H2,1-3H3,(H,22,27)(H2,21,24,25,26)/t12-,13+/m0/s1. The largest absolute Gasteiger partial charge is 0.446 e. The number of pyridine rings is 1. The number of methoxy groups -OCH3 is 1. The van der Waals surface area contributed by atoms with Crippen LogP contribution in [-0.2, 0) is 16.1 Å². The van der Waals surface area contributed by atoms with Crippen LogP contribution in [0.25, 0.3) is 10.2 Å². The Bertz CT molecular complexity index is 1020. The molecular formula is C20H26N6O3S. The molecule has 1 aliphatic carbocycles. The second kappa shape index (κ2) is 8.97. The summed E-state index contributed by atoms with van der Waals surface area (Å²) in [7, 11) is 1.66. The molecule has 3 aromatic heterocycles. The minimum Gasteiger partial charge on any atom is -0.446 e. The zero-order valence-corrected chi connectivity index (χ0v) is 18.1. The number of aromatic amines is 1. The van der Waals surface area contributed by atoms with Crippen LogP contribution in [0, 0.1) is 0 Å². The van der Waals surface area contributed by atoms with E-state index in [4.69, 9.17) is 9.47 Å². The van der Waals surface area contributed by atoms with Gasteiger partial charge in [-0.05, 0) is 33.1 Å². The molecule has 10 heteroatoms. The van der Waals surface area contributed by atoms with Crippen molar-refractivity contribution in [1.29, 1.82) is 0 Å². The topological polar surface area (TPSA) is 114 Å². The first-order valence-corrected chi connectivity index (χ1v) is 10.9. The summed E-state index contributed by atoms with van der Waals surface area (Å²) in [5.41, 5.74) is 1.92. The van der Waals surface area contributed by atoms with E-state index in [1.807, 2.05) is 32.2 Å². The predicted molar refractivity (Wildman–Crippen MR) is 115 cm³/mol. The number of hydrogen-bond donors (Lipinski definition) is 3. The zero-order valence-electron chi connectivity index (χ0n) is 17.3. The molecule has 1 fully saturated rings. The lowest BCUT2D eigenvalue weighted by molar-refractivity contribution is 0.0981. The molecule has 2 atom stereocenters. The minimum absolute atomic E-state index is 0.0662. The summed E-state index contributed by atoms with van der Waals surface area (Å²) < 4.78 is 11.7. The van der Waals surface area contributed by atoms with Crippen LogP contribution in [0.5, 0.6) is 0 Å². The number of anilines is 2. The van der Waals surface area contributed by atoms with Crippen molar-refractivity contribution in [1.82, 2.24) is 25.5 Å². The van der Waals surface area contributed by atoms with Gasteiger partial charge in [0.25, 0.3) is 0 Å². The smallest absolute Gasteiger partial charge is 0.407 e. The average Bonchev–Trinajstić information content (AvgIpc) is 3.40. The number of ether oxygens (including phenoxy) is 2. The zero-order chi connectivity index (χ0) is 21.1. The van der Waals surface area contributed by atoms with Gasteiger partial charge in [0.2, 0.25) is 0 Å². The molecule has 30 heavy (non-hydrogen) atoms. The molecular weight excluding hydrogens is 404 g/mol. The number of nitrogens with one attached hydrogen (secondary N) is 3. The summed E-state index contributed by atoms with van der Waals surface area (Å²) in [5, 5.41) is 14.4. The van der Waals surface area contributed by atoms with Crippen LogP contribution < -0.4 is 10.6 Å². The first-order valence-electron chi connectivity index (χ1n) is 10.0. The first-order chi connectivity index (χ1) is 14.5. The van der Waals surface area contributed by atoms with Crippen molar-refractivity contribution in [3.63, 3.8) is 0 Å². The summed E-state index contributed by atoms with van der Waals surface area (Å²) in [4.78, 5) is 20.8. The molecule has 0 aromatic carbocycles. The highest BCUT2D eigenvalue weighted by molar-refractivity contribution is 7.18. The monoisotopic (exact) mass is 430 g/mol. The molecule has 3 aromatic rings. The van der Waals surface area contributed by atoms with Crippen LogP contribution in [-0.4, -0.2) is 45.5 Å². The van der Waals surface area contributed by atoms with Crippen molar-refractivity contribution in [2.75, 3.05) is 12.4 Å². The number of nitrogens with zero attached hydrogens (tertiary/aromatic N) is 3. The van der Waals surface area contributed by atoms with Crippen molar-refractivity contribution < 1.29 is 14.3 Å². The van der Waals surface area contributed by atoms with Gasteiger partial charge < -0.3 is 20.1 Å². The summed E-state index contributed by atoms with van der Waals surface area (Å²) in [5.74, 6) is 1.68. The Morgan fingerprint density at radius 3 is 3.00 bits per heavy atom.